The lowest BCUT2D eigenvalue weighted by Gasteiger charge is -2.49. The van der Waals surface area contributed by atoms with Crippen LogP contribution in [0.2, 0.25) is 0 Å². The first-order valence-electron chi connectivity index (χ1n) is 7.47. The number of fused-ring (bicyclic) bond motifs is 1. The van der Waals surface area contributed by atoms with Crippen LogP contribution in [0.15, 0.2) is 41.1 Å². The number of carboxylic acid groups (broad SMARTS) is 1. The lowest BCUT2D eigenvalue weighted by atomic mass is 9.86. The quantitative estimate of drug-likeness (QED) is 0.672. The summed E-state index contributed by atoms with van der Waals surface area (Å²) in [4.78, 5) is 37.0. The summed E-state index contributed by atoms with van der Waals surface area (Å²) in [5, 5.41) is 12.0. The van der Waals surface area contributed by atoms with Crippen molar-refractivity contribution < 1.29 is 19.5 Å². The van der Waals surface area contributed by atoms with Gasteiger partial charge in [0.1, 0.15) is 17.8 Å². The second kappa shape index (κ2) is 7.43. The highest BCUT2D eigenvalue weighted by molar-refractivity contribution is 6.32. The Morgan fingerprint density at radius 1 is 1.32 bits per heavy atom. The van der Waals surface area contributed by atoms with Gasteiger partial charge in [0.2, 0.25) is 5.91 Å². The van der Waals surface area contributed by atoms with Gasteiger partial charge in [0.25, 0.3) is 5.91 Å². The molecule has 7 nitrogen and oxygen atoms in total. The molecule has 0 aromatic heterocycles. The van der Waals surface area contributed by atoms with Crippen molar-refractivity contribution in [1.29, 1.82) is 0 Å². The van der Waals surface area contributed by atoms with E-state index < -0.39 is 35.9 Å². The van der Waals surface area contributed by atoms with E-state index in [1.165, 1.54) is 0 Å². The minimum atomic E-state index is -1.25. The van der Waals surface area contributed by atoms with Crippen molar-refractivity contribution in [1.82, 2.24) is 10.2 Å². The van der Waals surface area contributed by atoms with Crippen LogP contribution in [0.1, 0.15) is 24.4 Å². The smallest absolute Gasteiger partial charge is 0.353 e. The molecule has 2 amide bonds. The monoisotopic (exact) mass is 385 g/mol. The molecule has 4 N–H and O–H groups in total. The van der Waals surface area contributed by atoms with E-state index in [9.17, 15) is 19.5 Å². The molecule has 0 spiro atoms. The molecule has 2 aliphatic rings. The predicted octanol–water partition coefficient (Wildman–Crippen LogP) is 1.13. The first kappa shape index (κ1) is 19.2. The van der Waals surface area contributed by atoms with Crippen LogP contribution in [0.25, 0.3) is 0 Å². The average molecular weight is 386 g/mol. The number of allylic oxidation sites excluding steroid dienone is 1. The molecule has 9 heteroatoms. The van der Waals surface area contributed by atoms with Gasteiger partial charge in [0.15, 0.2) is 0 Å². The van der Waals surface area contributed by atoms with Gasteiger partial charge in [0, 0.05) is 5.03 Å². The van der Waals surface area contributed by atoms with E-state index >= 15 is 0 Å². The molecule has 0 radical (unpaired) electrons. The third-order valence-electron chi connectivity index (χ3n) is 4.32. The summed E-state index contributed by atoms with van der Waals surface area (Å²) in [5.41, 5.74) is 6.35. The van der Waals surface area contributed by atoms with Crippen LogP contribution in [0.3, 0.4) is 0 Å². The molecule has 134 valence electrons. The number of rotatable bonds is 4. The van der Waals surface area contributed by atoms with Gasteiger partial charge in [-0.05, 0) is 18.4 Å². The van der Waals surface area contributed by atoms with E-state index in [-0.39, 0.29) is 23.1 Å². The fourth-order valence-electron chi connectivity index (χ4n) is 3.07. The van der Waals surface area contributed by atoms with Crippen molar-refractivity contribution >= 4 is 41.8 Å². The van der Waals surface area contributed by atoms with Gasteiger partial charge in [-0.2, -0.15) is 0 Å². The molecule has 0 bridgehead atoms. The highest BCUT2D eigenvalue weighted by atomic mass is 35.5. The third-order valence-corrected chi connectivity index (χ3v) is 4.69. The summed E-state index contributed by atoms with van der Waals surface area (Å²) in [6.07, 6.45) is 0.849. The number of hydrogen-bond donors (Lipinski definition) is 3. The van der Waals surface area contributed by atoms with Crippen molar-refractivity contribution in [3.63, 3.8) is 0 Å². The molecule has 1 aromatic carbocycles. The highest BCUT2D eigenvalue weighted by Gasteiger charge is 2.53. The second-order valence-corrected chi connectivity index (χ2v) is 6.20. The first-order chi connectivity index (χ1) is 11.4. The summed E-state index contributed by atoms with van der Waals surface area (Å²) < 4.78 is 0. The Morgan fingerprint density at radius 3 is 2.56 bits per heavy atom. The minimum absolute atomic E-state index is 0. The molecule has 0 saturated carbocycles. The molecule has 1 saturated heterocycles. The van der Waals surface area contributed by atoms with E-state index in [2.05, 4.69) is 5.32 Å². The minimum Gasteiger partial charge on any atom is -0.477 e. The molecule has 3 rings (SSSR count). The number of amides is 2. The van der Waals surface area contributed by atoms with E-state index in [1.54, 1.807) is 24.3 Å². The van der Waals surface area contributed by atoms with Crippen LogP contribution in [-0.4, -0.2) is 39.9 Å². The zero-order valence-corrected chi connectivity index (χ0v) is 14.6. The van der Waals surface area contributed by atoms with Gasteiger partial charge in [-0.15, -0.1) is 12.4 Å². The van der Waals surface area contributed by atoms with Crippen LogP contribution in [0, 0.1) is 0 Å². The fraction of sp³-hybridized carbons (Fsp3) is 0.312. The van der Waals surface area contributed by atoms with Crippen molar-refractivity contribution in [2.75, 3.05) is 0 Å². The van der Waals surface area contributed by atoms with Crippen LogP contribution in [0.4, 0.5) is 0 Å². The normalized spacial score (nSPS) is 23.1. The number of carbonyl (C=O) groups is 3. The summed E-state index contributed by atoms with van der Waals surface area (Å²) in [6.45, 7) is 0. The SMILES string of the molecule is Cl.NC(C(=O)N[C@@H]1C(=O)N2C(C(=O)O)=C(Cl)CC[C@H]12)c1ccccc1. The van der Waals surface area contributed by atoms with Crippen LogP contribution in [0.5, 0.6) is 0 Å². The van der Waals surface area contributed by atoms with Gasteiger partial charge < -0.3 is 16.2 Å². The first-order valence-corrected chi connectivity index (χ1v) is 7.85. The zero-order valence-electron chi connectivity index (χ0n) is 13.0. The van der Waals surface area contributed by atoms with Gasteiger partial charge in [-0.25, -0.2) is 4.79 Å². The number of hydrogen-bond acceptors (Lipinski definition) is 4. The molecule has 1 fully saturated rings. The molecule has 25 heavy (non-hydrogen) atoms. The molecule has 0 aliphatic carbocycles. The molecular weight excluding hydrogens is 369 g/mol. The zero-order chi connectivity index (χ0) is 17.4. The second-order valence-electron chi connectivity index (χ2n) is 5.75. The number of benzene rings is 1. The Kier molecular flexibility index (Phi) is 5.72. The van der Waals surface area contributed by atoms with Crippen molar-refractivity contribution in [2.24, 2.45) is 5.73 Å². The molecule has 1 unspecified atom stereocenters. The summed E-state index contributed by atoms with van der Waals surface area (Å²) in [6, 6.07) is 6.74. The van der Waals surface area contributed by atoms with E-state index in [4.69, 9.17) is 17.3 Å². The lowest BCUT2D eigenvalue weighted by Crippen LogP contribution is -2.72. The maximum Gasteiger partial charge on any atom is 0.353 e. The van der Waals surface area contributed by atoms with Gasteiger partial charge in [-0.3, -0.25) is 14.5 Å². The number of aliphatic carboxylic acids is 1. The van der Waals surface area contributed by atoms with Crippen molar-refractivity contribution in [3.05, 3.63) is 46.6 Å². The number of halogens is 2. The summed E-state index contributed by atoms with van der Waals surface area (Å²) in [5.74, 6) is -2.20. The topological polar surface area (TPSA) is 113 Å². The predicted molar refractivity (Wildman–Crippen MR) is 92.9 cm³/mol. The van der Waals surface area contributed by atoms with Gasteiger partial charge >= 0.3 is 5.97 Å². The maximum absolute atomic E-state index is 12.3. The number of nitrogens with two attached hydrogens (primary N) is 1. The van der Waals surface area contributed by atoms with Crippen molar-refractivity contribution in [3.8, 4) is 0 Å². The molecule has 2 aliphatic heterocycles. The summed E-state index contributed by atoms with van der Waals surface area (Å²) >= 11 is 5.92. The number of β-lactam (4-membered cyclic amide) rings is 1. The fourth-order valence-corrected chi connectivity index (χ4v) is 3.35. The Balaban J connectivity index is 0.00000225. The van der Waals surface area contributed by atoms with E-state index in [1.807, 2.05) is 6.07 Å². The maximum atomic E-state index is 12.3. The van der Waals surface area contributed by atoms with Gasteiger partial charge in [-0.1, -0.05) is 41.9 Å². The molecule has 3 atom stereocenters. The third kappa shape index (κ3) is 3.35. The highest BCUT2D eigenvalue weighted by Crippen LogP contribution is 2.38. The average Bonchev–Trinajstić information content (AvgIpc) is 2.59. The summed E-state index contributed by atoms with van der Waals surface area (Å²) in [7, 11) is 0. The number of nitrogens with one attached hydrogen (secondary N) is 1. The molecule has 1 aromatic rings. The lowest BCUT2D eigenvalue weighted by molar-refractivity contribution is -0.156. The molecular formula is C16H17Cl2N3O4. The van der Waals surface area contributed by atoms with Crippen LogP contribution < -0.4 is 11.1 Å². The van der Waals surface area contributed by atoms with Crippen molar-refractivity contribution in [2.45, 2.75) is 31.0 Å². The number of carbonyl (C=O) groups excluding carboxylic acids is 2. The van der Waals surface area contributed by atoms with Gasteiger partial charge in [0.05, 0.1) is 6.04 Å². The Hall–Kier alpha value is -2.09. The Bertz CT molecular complexity index is 738. The number of nitrogens with zero attached hydrogens (tertiary/aromatic N) is 1. The van der Waals surface area contributed by atoms with Crippen LogP contribution in [-0.2, 0) is 14.4 Å². The Morgan fingerprint density at radius 2 is 1.96 bits per heavy atom. The van der Waals surface area contributed by atoms with E-state index in [0.717, 1.165) is 4.90 Å². The molecule has 2 heterocycles. The van der Waals surface area contributed by atoms with E-state index in [0.29, 0.717) is 18.4 Å². The van der Waals surface area contributed by atoms with Crippen LogP contribution >= 0.6 is 24.0 Å². The largest absolute Gasteiger partial charge is 0.477 e. The standard InChI is InChI=1S/C16H16ClN3O4.ClH/c17-9-6-7-10-12(15(22)20(10)13(9)16(23)24)19-14(21)11(18)8-4-2-1-3-5-8;/h1-5,10-12H,6-7,18H2,(H,19,21)(H,23,24);1H/t10-,11?,12+;/m1./s1. The number of carboxylic acids is 1. The Labute approximate surface area is 155 Å².